The lowest BCUT2D eigenvalue weighted by atomic mass is 10.1. The van der Waals surface area contributed by atoms with Crippen molar-refractivity contribution < 1.29 is 9.59 Å². The number of amides is 2. The number of nitrogens with one attached hydrogen (secondary N) is 2. The maximum Gasteiger partial charge on any atom is 0.257 e. The van der Waals surface area contributed by atoms with Gasteiger partial charge < -0.3 is 15.5 Å². The van der Waals surface area contributed by atoms with Gasteiger partial charge in [-0.1, -0.05) is 12.1 Å². The molecule has 0 fully saturated rings. The molecule has 0 bridgehead atoms. The highest BCUT2D eigenvalue weighted by molar-refractivity contribution is 6.13. The van der Waals surface area contributed by atoms with E-state index in [0.717, 1.165) is 16.9 Å². The summed E-state index contributed by atoms with van der Waals surface area (Å²) in [6.07, 6.45) is 5.57. The molecule has 140 valence electrons. The summed E-state index contributed by atoms with van der Waals surface area (Å²) in [5.74, 6) is -0.388. The zero-order chi connectivity index (χ0) is 19.5. The third kappa shape index (κ3) is 3.42. The number of carbonyl (C=O) groups excluding carboxylic acids is 2. The van der Waals surface area contributed by atoms with Crippen molar-refractivity contribution in [3.63, 3.8) is 0 Å². The van der Waals surface area contributed by atoms with Gasteiger partial charge >= 0.3 is 0 Å². The van der Waals surface area contributed by atoms with Crippen LogP contribution in [0.4, 0.5) is 17.1 Å². The zero-order valence-electron chi connectivity index (χ0n) is 15.3. The van der Waals surface area contributed by atoms with Crippen molar-refractivity contribution >= 4 is 28.9 Å². The molecule has 0 atom stereocenters. The van der Waals surface area contributed by atoms with Gasteiger partial charge in [0.15, 0.2) is 0 Å². The van der Waals surface area contributed by atoms with Gasteiger partial charge in [0.2, 0.25) is 0 Å². The van der Waals surface area contributed by atoms with Crippen LogP contribution in [0.1, 0.15) is 26.3 Å². The molecule has 0 aliphatic carbocycles. The quantitative estimate of drug-likeness (QED) is 0.734. The zero-order valence-corrected chi connectivity index (χ0v) is 15.3. The highest BCUT2D eigenvalue weighted by Gasteiger charge is 2.23. The highest BCUT2D eigenvalue weighted by Crippen LogP contribution is 2.36. The Balaban J connectivity index is 1.52. The summed E-state index contributed by atoms with van der Waals surface area (Å²) in [5, 5.41) is 5.80. The summed E-state index contributed by atoms with van der Waals surface area (Å²) < 4.78 is 0. The second-order valence-electron chi connectivity index (χ2n) is 6.51. The van der Waals surface area contributed by atoms with E-state index in [2.05, 4.69) is 20.6 Å². The molecular formula is C21H19N5O2. The second kappa shape index (κ2) is 7.48. The Bertz CT molecular complexity index is 1040. The number of aromatic nitrogens is 2. The lowest BCUT2D eigenvalue weighted by Crippen LogP contribution is -2.26. The van der Waals surface area contributed by atoms with E-state index in [1.165, 1.54) is 6.33 Å². The SMILES string of the molecule is CN1c2ccc(C(=O)NCCc3cncnc3)cc2NC(=O)c2ccccc21. The van der Waals surface area contributed by atoms with Crippen molar-refractivity contribution in [2.24, 2.45) is 0 Å². The third-order valence-electron chi connectivity index (χ3n) is 4.69. The number of hydrogen-bond acceptors (Lipinski definition) is 5. The maximum atomic E-state index is 12.6. The molecule has 28 heavy (non-hydrogen) atoms. The molecule has 2 aromatic carbocycles. The van der Waals surface area contributed by atoms with Gasteiger partial charge in [-0.25, -0.2) is 9.97 Å². The van der Waals surface area contributed by atoms with Gasteiger partial charge in [0, 0.05) is 31.5 Å². The molecular weight excluding hydrogens is 354 g/mol. The molecule has 0 spiro atoms. The van der Waals surface area contributed by atoms with Gasteiger partial charge in [-0.05, 0) is 42.3 Å². The summed E-state index contributed by atoms with van der Waals surface area (Å²) in [7, 11) is 1.90. The summed E-state index contributed by atoms with van der Waals surface area (Å²) >= 11 is 0. The van der Waals surface area contributed by atoms with Crippen LogP contribution in [0.3, 0.4) is 0 Å². The molecule has 0 saturated heterocycles. The largest absolute Gasteiger partial charge is 0.352 e. The Morgan fingerprint density at radius 1 is 1.11 bits per heavy atom. The first-order valence-electron chi connectivity index (χ1n) is 8.94. The standard InChI is InChI=1S/C21H19N5O2/c1-26-18-5-3-2-4-16(18)21(28)25-17-10-15(6-7-19(17)26)20(27)24-9-8-14-11-22-13-23-12-14/h2-7,10-13H,8-9H2,1H3,(H,24,27)(H,25,28). The first-order chi connectivity index (χ1) is 13.6. The Hall–Kier alpha value is -3.74. The highest BCUT2D eigenvalue weighted by atomic mass is 16.2. The molecule has 2 heterocycles. The fourth-order valence-electron chi connectivity index (χ4n) is 3.23. The van der Waals surface area contributed by atoms with Crippen LogP contribution in [0.2, 0.25) is 0 Å². The van der Waals surface area contributed by atoms with Crippen LogP contribution in [-0.2, 0) is 6.42 Å². The van der Waals surface area contributed by atoms with Gasteiger partial charge in [-0.2, -0.15) is 0 Å². The predicted octanol–water partition coefficient (Wildman–Crippen LogP) is 2.78. The minimum absolute atomic E-state index is 0.192. The predicted molar refractivity (Wildman–Crippen MR) is 107 cm³/mol. The Morgan fingerprint density at radius 3 is 2.71 bits per heavy atom. The molecule has 1 aliphatic rings. The van der Waals surface area contributed by atoms with Crippen molar-refractivity contribution in [2.45, 2.75) is 6.42 Å². The summed E-state index contributed by atoms with van der Waals surface area (Å²) in [4.78, 5) is 35.0. The molecule has 2 amide bonds. The van der Waals surface area contributed by atoms with Gasteiger partial charge in [0.05, 0.1) is 22.6 Å². The number of anilines is 3. The maximum absolute atomic E-state index is 12.6. The van der Waals surface area contributed by atoms with Gasteiger partial charge in [-0.3, -0.25) is 9.59 Å². The molecule has 2 N–H and O–H groups in total. The molecule has 7 heteroatoms. The van der Waals surface area contributed by atoms with Crippen LogP contribution < -0.4 is 15.5 Å². The number of carbonyl (C=O) groups is 2. The average molecular weight is 373 g/mol. The molecule has 4 rings (SSSR count). The Morgan fingerprint density at radius 2 is 1.89 bits per heavy atom. The van der Waals surface area contributed by atoms with Crippen LogP contribution in [0.25, 0.3) is 0 Å². The molecule has 1 aliphatic heterocycles. The molecule has 7 nitrogen and oxygen atoms in total. The molecule has 0 radical (unpaired) electrons. The number of nitrogens with zero attached hydrogens (tertiary/aromatic N) is 3. The molecule has 3 aromatic rings. The Labute approximate surface area is 162 Å². The van der Waals surface area contributed by atoms with Crippen LogP contribution in [0, 0.1) is 0 Å². The number of benzene rings is 2. The van der Waals surface area contributed by atoms with Crippen molar-refractivity contribution in [3.05, 3.63) is 77.9 Å². The van der Waals surface area contributed by atoms with Crippen molar-refractivity contribution in [3.8, 4) is 0 Å². The molecule has 0 saturated carbocycles. The van der Waals surface area contributed by atoms with Crippen molar-refractivity contribution in [1.29, 1.82) is 0 Å². The van der Waals surface area contributed by atoms with Crippen LogP contribution in [0.15, 0.2) is 61.2 Å². The third-order valence-corrected chi connectivity index (χ3v) is 4.69. The van der Waals surface area contributed by atoms with E-state index < -0.39 is 0 Å². The van der Waals surface area contributed by atoms with Crippen molar-refractivity contribution in [1.82, 2.24) is 15.3 Å². The minimum atomic E-state index is -0.196. The van der Waals surface area contributed by atoms with E-state index in [1.807, 2.05) is 36.2 Å². The molecule has 1 aromatic heterocycles. The van der Waals surface area contributed by atoms with Crippen LogP contribution in [-0.4, -0.2) is 35.4 Å². The second-order valence-corrected chi connectivity index (χ2v) is 6.51. The summed E-state index contributed by atoms with van der Waals surface area (Å²) in [6, 6.07) is 12.7. The first kappa shape index (κ1) is 17.7. The van der Waals surface area contributed by atoms with Crippen LogP contribution >= 0.6 is 0 Å². The lowest BCUT2D eigenvalue weighted by molar-refractivity contribution is 0.0952. The number of rotatable bonds is 4. The van der Waals surface area contributed by atoms with Crippen molar-refractivity contribution in [2.75, 3.05) is 23.8 Å². The molecule has 0 unspecified atom stereocenters. The minimum Gasteiger partial charge on any atom is -0.352 e. The summed E-state index contributed by atoms with van der Waals surface area (Å²) in [5.41, 5.74) is 4.29. The average Bonchev–Trinajstić information content (AvgIpc) is 2.83. The fraction of sp³-hybridized carbons (Fsp3) is 0.143. The normalized spacial score (nSPS) is 12.5. The first-order valence-corrected chi connectivity index (χ1v) is 8.94. The summed E-state index contributed by atoms with van der Waals surface area (Å²) in [6.45, 7) is 0.473. The van der Waals surface area contributed by atoms with Crippen LogP contribution in [0.5, 0.6) is 0 Å². The monoisotopic (exact) mass is 373 g/mol. The van der Waals surface area contributed by atoms with E-state index >= 15 is 0 Å². The topological polar surface area (TPSA) is 87.2 Å². The number of hydrogen-bond donors (Lipinski definition) is 2. The smallest absolute Gasteiger partial charge is 0.257 e. The van der Waals surface area contributed by atoms with Gasteiger partial charge in [0.25, 0.3) is 11.8 Å². The van der Waals surface area contributed by atoms with Gasteiger partial charge in [0.1, 0.15) is 6.33 Å². The van der Waals surface area contributed by atoms with E-state index in [-0.39, 0.29) is 11.8 Å². The number of para-hydroxylation sites is 1. The van der Waals surface area contributed by atoms with E-state index in [4.69, 9.17) is 0 Å². The van der Waals surface area contributed by atoms with E-state index in [9.17, 15) is 9.59 Å². The number of fused-ring (bicyclic) bond motifs is 2. The van der Waals surface area contributed by atoms with E-state index in [0.29, 0.717) is 29.8 Å². The lowest BCUT2D eigenvalue weighted by Gasteiger charge is -2.21. The van der Waals surface area contributed by atoms with Gasteiger partial charge in [-0.15, -0.1) is 0 Å². The Kier molecular flexibility index (Phi) is 4.72. The van der Waals surface area contributed by atoms with E-state index in [1.54, 1.807) is 30.6 Å². The fourth-order valence-corrected chi connectivity index (χ4v) is 3.23.